The molecule has 0 fully saturated rings. The highest BCUT2D eigenvalue weighted by atomic mass is 32.1. The second kappa shape index (κ2) is 12.2. The van der Waals surface area contributed by atoms with Gasteiger partial charge >= 0.3 is 5.97 Å². The topological polar surface area (TPSA) is 111 Å². The Hall–Kier alpha value is -4.16. The molecule has 1 aromatic heterocycles. The number of aromatic nitrogens is 1. The number of hydrogen-bond donors (Lipinski definition) is 1. The van der Waals surface area contributed by atoms with Crippen LogP contribution in [0.15, 0.2) is 53.9 Å². The van der Waals surface area contributed by atoms with E-state index in [4.69, 9.17) is 19.5 Å². The number of nitrogens with zero attached hydrogens (tertiary/aromatic N) is 2. The van der Waals surface area contributed by atoms with Crippen LogP contribution in [0.3, 0.4) is 0 Å². The third-order valence-electron chi connectivity index (χ3n) is 4.50. The standard InChI is InChI=1S/C25H23N3O5S/c1-17-3-7-19(8-4-17)27-23(29)14-24-28-20(16-34-24)15-33-25(30)10-6-18-5-9-21(32-12-11-26)22(13-18)31-2/h3-10,13,16H,12,14-15H2,1-2H3,(H,27,29)/b10-6+. The number of amides is 1. The predicted molar refractivity (Wildman–Crippen MR) is 129 cm³/mol. The van der Waals surface area contributed by atoms with Crippen molar-refractivity contribution in [3.8, 4) is 17.6 Å². The van der Waals surface area contributed by atoms with E-state index in [-0.39, 0.29) is 25.5 Å². The zero-order chi connectivity index (χ0) is 24.3. The zero-order valence-corrected chi connectivity index (χ0v) is 19.6. The second-order valence-electron chi connectivity index (χ2n) is 7.12. The van der Waals surface area contributed by atoms with Gasteiger partial charge in [-0.1, -0.05) is 23.8 Å². The summed E-state index contributed by atoms with van der Waals surface area (Å²) in [6.07, 6.45) is 3.02. The lowest BCUT2D eigenvalue weighted by Gasteiger charge is -2.08. The quantitative estimate of drug-likeness (QED) is 0.342. The molecule has 0 aliphatic carbocycles. The van der Waals surface area contributed by atoms with E-state index in [1.807, 2.05) is 37.3 Å². The van der Waals surface area contributed by atoms with Gasteiger partial charge in [-0.2, -0.15) is 5.26 Å². The van der Waals surface area contributed by atoms with Gasteiger partial charge in [-0.05, 0) is 42.8 Å². The van der Waals surface area contributed by atoms with E-state index < -0.39 is 5.97 Å². The summed E-state index contributed by atoms with van der Waals surface area (Å²) in [5, 5.41) is 13.9. The van der Waals surface area contributed by atoms with Gasteiger partial charge in [0.15, 0.2) is 18.1 Å². The molecule has 2 aromatic carbocycles. The summed E-state index contributed by atoms with van der Waals surface area (Å²) >= 11 is 1.34. The van der Waals surface area contributed by atoms with Crippen LogP contribution >= 0.6 is 11.3 Å². The van der Waals surface area contributed by atoms with Gasteiger partial charge in [-0.15, -0.1) is 11.3 Å². The van der Waals surface area contributed by atoms with Crippen LogP contribution in [0.25, 0.3) is 6.08 Å². The molecule has 174 valence electrons. The largest absolute Gasteiger partial charge is 0.493 e. The van der Waals surface area contributed by atoms with Gasteiger partial charge in [0.2, 0.25) is 5.91 Å². The van der Waals surface area contributed by atoms with E-state index in [0.29, 0.717) is 27.8 Å². The first-order chi connectivity index (χ1) is 16.5. The van der Waals surface area contributed by atoms with E-state index >= 15 is 0 Å². The van der Waals surface area contributed by atoms with E-state index in [1.54, 1.807) is 29.7 Å². The number of benzene rings is 2. The number of nitriles is 1. The molecule has 0 saturated carbocycles. The molecule has 3 aromatic rings. The molecule has 0 aliphatic rings. The lowest BCUT2D eigenvalue weighted by Crippen LogP contribution is -2.14. The molecule has 0 unspecified atom stereocenters. The van der Waals surface area contributed by atoms with Crippen LogP contribution in [0, 0.1) is 18.3 Å². The minimum absolute atomic E-state index is 0.00349. The number of aryl methyl sites for hydroxylation is 1. The number of esters is 1. The van der Waals surface area contributed by atoms with Gasteiger partial charge in [0.25, 0.3) is 0 Å². The van der Waals surface area contributed by atoms with E-state index in [0.717, 1.165) is 11.3 Å². The van der Waals surface area contributed by atoms with Crippen molar-refractivity contribution in [1.82, 2.24) is 4.98 Å². The number of thiazole rings is 1. The van der Waals surface area contributed by atoms with Gasteiger partial charge in [0.1, 0.15) is 17.7 Å². The molecule has 34 heavy (non-hydrogen) atoms. The number of rotatable bonds is 10. The van der Waals surface area contributed by atoms with Crippen LogP contribution in [0.5, 0.6) is 11.5 Å². The van der Waals surface area contributed by atoms with Crippen molar-refractivity contribution in [3.63, 3.8) is 0 Å². The van der Waals surface area contributed by atoms with E-state index in [9.17, 15) is 9.59 Å². The maximum atomic E-state index is 12.2. The van der Waals surface area contributed by atoms with Gasteiger partial charge in [0.05, 0.1) is 19.2 Å². The number of ether oxygens (including phenoxy) is 3. The number of nitrogens with one attached hydrogen (secondary N) is 1. The maximum absolute atomic E-state index is 12.2. The summed E-state index contributed by atoms with van der Waals surface area (Å²) in [6, 6.07) is 14.5. The Labute approximate surface area is 201 Å². The number of anilines is 1. The normalized spacial score (nSPS) is 10.5. The molecule has 0 aliphatic heterocycles. The van der Waals surface area contributed by atoms with Crippen molar-refractivity contribution >= 4 is 35.0 Å². The summed E-state index contributed by atoms with van der Waals surface area (Å²) in [4.78, 5) is 28.6. The Balaban J connectivity index is 1.48. The molecule has 8 nitrogen and oxygen atoms in total. The number of carbonyl (C=O) groups is 2. The first kappa shape index (κ1) is 24.5. The molecule has 3 rings (SSSR count). The van der Waals surface area contributed by atoms with Crippen LogP contribution in [0.4, 0.5) is 5.69 Å². The Kier molecular flexibility index (Phi) is 8.77. The van der Waals surface area contributed by atoms with Crippen LogP contribution < -0.4 is 14.8 Å². The molecule has 0 bridgehead atoms. The van der Waals surface area contributed by atoms with Gasteiger partial charge in [-0.25, -0.2) is 9.78 Å². The van der Waals surface area contributed by atoms with Crippen LogP contribution in [-0.4, -0.2) is 30.6 Å². The van der Waals surface area contributed by atoms with Gasteiger partial charge in [-0.3, -0.25) is 4.79 Å². The highest BCUT2D eigenvalue weighted by Gasteiger charge is 2.10. The summed E-state index contributed by atoms with van der Waals surface area (Å²) in [5.41, 5.74) is 3.13. The lowest BCUT2D eigenvalue weighted by atomic mass is 10.2. The maximum Gasteiger partial charge on any atom is 0.331 e. The van der Waals surface area contributed by atoms with Crippen LogP contribution in [0.2, 0.25) is 0 Å². The monoisotopic (exact) mass is 477 g/mol. The second-order valence-corrected chi connectivity index (χ2v) is 8.06. The smallest absolute Gasteiger partial charge is 0.331 e. The average molecular weight is 478 g/mol. The van der Waals surface area contributed by atoms with Gasteiger partial charge < -0.3 is 19.5 Å². The van der Waals surface area contributed by atoms with Crippen molar-refractivity contribution in [2.45, 2.75) is 20.0 Å². The molecule has 1 amide bonds. The van der Waals surface area contributed by atoms with Gasteiger partial charge in [0, 0.05) is 17.1 Å². The highest BCUT2D eigenvalue weighted by Crippen LogP contribution is 2.28. The van der Waals surface area contributed by atoms with Crippen molar-refractivity contribution in [2.75, 3.05) is 19.0 Å². The Morgan fingerprint density at radius 3 is 2.71 bits per heavy atom. The molecular formula is C25H23N3O5S. The minimum atomic E-state index is -0.532. The fourth-order valence-corrected chi connectivity index (χ4v) is 3.63. The third kappa shape index (κ3) is 7.46. The Morgan fingerprint density at radius 2 is 1.97 bits per heavy atom. The zero-order valence-electron chi connectivity index (χ0n) is 18.7. The Morgan fingerprint density at radius 1 is 1.18 bits per heavy atom. The molecule has 0 atom stereocenters. The van der Waals surface area contributed by atoms with Crippen molar-refractivity contribution in [2.24, 2.45) is 0 Å². The minimum Gasteiger partial charge on any atom is -0.493 e. The van der Waals surface area contributed by atoms with E-state index in [2.05, 4.69) is 10.3 Å². The lowest BCUT2D eigenvalue weighted by molar-refractivity contribution is -0.139. The first-order valence-electron chi connectivity index (χ1n) is 10.3. The number of methoxy groups -OCH3 is 1. The SMILES string of the molecule is COc1cc(/C=C/C(=O)OCc2csc(CC(=O)Nc3ccc(C)cc3)n2)ccc1OCC#N. The average Bonchev–Trinajstić information content (AvgIpc) is 3.28. The molecule has 0 spiro atoms. The molecule has 0 radical (unpaired) electrons. The number of hydrogen-bond acceptors (Lipinski definition) is 8. The molecular weight excluding hydrogens is 454 g/mol. The van der Waals surface area contributed by atoms with E-state index in [1.165, 1.54) is 24.5 Å². The van der Waals surface area contributed by atoms with Crippen LogP contribution in [0.1, 0.15) is 21.8 Å². The summed E-state index contributed by atoms with van der Waals surface area (Å²) in [7, 11) is 1.49. The van der Waals surface area contributed by atoms with Crippen molar-refractivity contribution in [1.29, 1.82) is 5.26 Å². The third-order valence-corrected chi connectivity index (χ3v) is 5.40. The highest BCUT2D eigenvalue weighted by molar-refractivity contribution is 7.09. The van der Waals surface area contributed by atoms with Crippen molar-refractivity contribution < 1.29 is 23.8 Å². The fraction of sp³-hybridized carbons (Fsp3) is 0.200. The first-order valence-corrected chi connectivity index (χ1v) is 11.2. The van der Waals surface area contributed by atoms with Crippen molar-refractivity contribution in [3.05, 3.63) is 75.7 Å². The molecule has 1 heterocycles. The summed E-state index contributed by atoms with van der Waals surface area (Å²) in [5.74, 6) is 0.197. The molecule has 0 saturated heterocycles. The predicted octanol–water partition coefficient (Wildman–Crippen LogP) is 4.30. The summed E-state index contributed by atoms with van der Waals surface area (Å²) in [6.45, 7) is 1.89. The number of carbonyl (C=O) groups excluding carboxylic acids is 2. The Bertz CT molecular complexity index is 1210. The molecule has 1 N–H and O–H groups in total. The summed E-state index contributed by atoms with van der Waals surface area (Å²) < 4.78 is 15.7. The fourth-order valence-electron chi connectivity index (χ4n) is 2.85. The van der Waals surface area contributed by atoms with Crippen LogP contribution in [-0.2, 0) is 27.4 Å². The molecule has 9 heteroatoms.